The number of fused-ring (bicyclic) bond motifs is 3. The molecule has 1 N–H and O–H groups in total. The average molecular weight is 277 g/mol. The van der Waals surface area contributed by atoms with Crippen molar-refractivity contribution >= 4 is 5.91 Å². The SMILES string of the molecule is Cn1nc(C(=O)NCC2CN3CCN2CC3)ccc1=O. The summed E-state index contributed by atoms with van der Waals surface area (Å²) in [6.07, 6.45) is 0. The van der Waals surface area contributed by atoms with Gasteiger partial charge in [0.25, 0.3) is 11.5 Å². The van der Waals surface area contributed by atoms with Crippen molar-refractivity contribution in [3.8, 4) is 0 Å². The van der Waals surface area contributed by atoms with Gasteiger partial charge in [0.2, 0.25) is 0 Å². The van der Waals surface area contributed by atoms with Crippen LogP contribution in [0, 0.1) is 0 Å². The zero-order valence-electron chi connectivity index (χ0n) is 11.6. The average Bonchev–Trinajstić information content (AvgIpc) is 2.49. The molecule has 1 aromatic rings. The number of amides is 1. The fraction of sp³-hybridized carbons (Fsp3) is 0.615. The molecule has 1 amide bonds. The third-order valence-corrected chi connectivity index (χ3v) is 4.08. The molecule has 0 radical (unpaired) electrons. The Kier molecular flexibility index (Phi) is 3.54. The lowest BCUT2D eigenvalue weighted by atomic mass is 10.1. The third-order valence-electron chi connectivity index (χ3n) is 4.08. The summed E-state index contributed by atoms with van der Waals surface area (Å²) in [7, 11) is 1.54. The normalized spacial score (nSPS) is 28.4. The van der Waals surface area contributed by atoms with Crippen LogP contribution >= 0.6 is 0 Å². The molecule has 0 saturated carbocycles. The summed E-state index contributed by atoms with van der Waals surface area (Å²) in [5.74, 6) is -0.224. The van der Waals surface area contributed by atoms with Crippen molar-refractivity contribution in [3.63, 3.8) is 0 Å². The first kappa shape index (κ1) is 13.3. The molecule has 4 heterocycles. The molecule has 0 aromatic carbocycles. The standard InChI is InChI=1S/C13H19N5O2/c1-16-12(19)3-2-11(15-16)13(20)14-8-10-9-17-4-6-18(10)7-5-17/h2-3,10H,4-9H2,1H3,(H,14,20). The molecular weight excluding hydrogens is 258 g/mol. The second kappa shape index (κ2) is 5.34. The number of piperazine rings is 3. The Hall–Kier alpha value is -1.73. The van der Waals surface area contributed by atoms with Gasteiger partial charge in [-0.25, -0.2) is 4.68 Å². The van der Waals surface area contributed by atoms with Crippen LogP contribution in [-0.2, 0) is 7.05 Å². The number of carbonyl (C=O) groups is 1. The van der Waals surface area contributed by atoms with Gasteiger partial charge in [-0.1, -0.05) is 0 Å². The Bertz CT molecular complexity index is 562. The first-order valence-electron chi connectivity index (χ1n) is 6.92. The van der Waals surface area contributed by atoms with Crippen molar-refractivity contribution in [2.75, 3.05) is 39.3 Å². The molecule has 7 nitrogen and oxygen atoms in total. The van der Waals surface area contributed by atoms with Gasteiger partial charge in [-0.15, -0.1) is 0 Å². The van der Waals surface area contributed by atoms with E-state index < -0.39 is 0 Å². The number of hydrogen-bond donors (Lipinski definition) is 1. The zero-order valence-corrected chi connectivity index (χ0v) is 11.6. The Morgan fingerprint density at radius 1 is 1.35 bits per heavy atom. The van der Waals surface area contributed by atoms with Crippen LogP contribution in [0.3, 0.4) is 0 Å². The minimum absolute atomic E-state index is 0.218. The summed E-state index contributed by atoms with van der Waals surface area (Å²) in [4.78, 5) is 28.1. The predicted molar refractivity (Wildman–Crippen MR) is 73.6 cm³/mol. The van der Waals surface area contributed by atoms with E-state index in [1.54, 1.807) is 0 Å². The van der Waals surface area contributed by atoms with Gasteiger partial charge in [-0.2, -0.15) is 5.10 Å². The van der Waals surface area contributed by atoms with E-state index in [1.807, 2.05) is 0 Å². The van der Waals surface area contributed by atoms with Gasteiger partial charge in [0.05, 0.1) is 0 Å². The van der Waals surface area contributed by atoms with Crippen LogP contribution in [0.25, 0.3) is 0 Å². The van der Waals surface area contributed by atoms with E-state index in [2.05, 4.69) is 20.2 Å². The van der Waals surface area contributed by atoms with Crippen LogP contribution in [0.1, 0.15) is 10.5 Å². The van der Waals surface area contributed by atoms with E-state index >= 15 is 0 Å². The highest BCUT2D eigenvalue weighted by molar-refractivity contribution is 5.92. The minimum Gasteiger partial charge on any atom is -0.349 e. The first-order valence-corrected chi connectivity index (χ1v) is 6.92. The fourth-order valence-corrected chi connectivity index (χ4v) is 2.84. The molecule has 0 aliphatic carbocycles. The summed E-state index contributed by atoms with van der Waals surface area (Å²) in [6.45, 7) is 6.07. The molecular formula is C13H19N5O2. The lowest BCUT2D eigenvalue weighted by Crippen LogP contribution is -2.63. The third kappa shape index (κ3) is 2.59. The van der Waals surface area contributed by atoms with Crippen LogP contribution in [0.2, 0.25) is 0 Å². The topological polar surface area (TPSA) is 70.5 Å². The van der Waals surface area contributed by atoms with Gasteiger partial charge < -0.3 is 5.32 Å². The van der Waals surface area contributed by atoms with Gasteiger partial charge in [0.1, 0.15) is 5.69 Å². The summed E-state index contributed by atoms with van der Waals surface area (Å²) >= 11 is 0. The van der Waals surface area contributed by atoms with Crippen molar-refractivity contribution in [1.82, 2.24) is 24.9 Å². The maximum absolute atomic E-state index is 12.0. The number of rotatable bonds is 3. The molecule has 3 aliphatic rings. The maximum atomic E-state index is 12.0. The van der Waals surface area contributed by atoms with E-state index in [9.17, 15) is 9.59 Å². The Morgan fingerprint density at radius 3 is 2.70 bits per heavy atom. The quantitative estimate of drug-likeness (QED) is 0.729. The highest BCUT2D eigenvalue weighted by Crippen LogP contribution is 2.14. The predicted octanol–water partition coefficient (Wildman–Crippen LogP) is -1.49. The molecule has 3 saturated heterocycles. The van der Waals surface area contributed by atoms with E-state index in [1.165, 1.54) is 23.9 Å². The van der Waals surface area contributed by atoms with Gasteiger partial charge >= 0.3 is 0 Å². The smallest absolute Gasteiger partial charge is 0.271 e. The highest BCUT2D eigenvalue weighted by atomic mass is 16.2. The Balaban J connectivity index is 1.59. The molecule has 3 aliphatic heterocycles. The van der Waals surface area contributed by atoms with Crippen molar-refractivity contribution in [3.05, 3.63) is 28.2 Å². The van der Waals surface area contributed by atoms with Crippen LogP contribution < -0.4 is 10.9 Å². The molecule has 3 fully saturated rings. The number of hydrogen-bond acceptors (Lipinski definition) is 5. The Morgan fingerprint density at radius 2 is 2.10 bits per heavy atom. The number of aromatic nitrogens is 2. The molecule has 7 heteroatoms. The molecule has 2 bridgehead atoms. The van der Waals surface area contributed by atoms with Gasteiger partial charge in [-0.3, -0.25) is 19.4 Å². The van der Waals surface area contributed by atoms with Crippen molar-refractivity contribution in [2.24, 2.45) is 7.05 Å². The number of nitrogens with one attached hydrogen (secondary N) is 1. The minimum atomic E-state index is -0.224. The zero-order chi connectivity index (χ0) is 14.1. The summed E-state index contributed by atoms with van der Waals surface area (Å²) < 4.78 is 1.17. The van der Waals surface area contributed by atoms with Crippen molar-refractivity contribution in [1.29, 1.82) is 0 Å². The molecule has 20 heavy (non-hydrogen) atoms. The summed E-state index contributed by atoms with van der Waals surface area (Å²) in [5.41, 5.74) is 0.0634. The van der Waals surface area contributed by atoms with Crippen LogP contribution in [0.4, 0.5) is 0 Å². The highest BCUT2D eigenvalue weighted by Gasteiger charge is 2.31. The van der Waals surface area contributed by atoms with Gasteiger partial charge in [0, 0.05) is 58.4 Å². The van der Waals surface area contributed by atoms with E-state index in [0.29, 0.717) is 12.6 Å². The van der Waals surface area contributed by atoms with Crippen LogP contribution in [0.5, 0.6) is 0 Å². The second-order valence-corrected chi connectivity index (χ2v) is 5.38. The second-order valence-electron chi connectivity index (χ2n) is 5.38. The van der Waals surface area contributed by atoms with Gasteiger partial charge in [0.15, 0.2) is 0 Å². The lowest BCUT2D eigenvalue weighted by molar-refractivity contribution is 0.0138. The molecule has 1 unspecified atom stereocenters. The van der Waals surface area contributed by atoms with E-state index in [0.717, 1.165) is 32.7 Å². The van der Waals surface area contributed by atoms with E-state index in [4.69, 9.17) is 0 Å². The molecule has 4 rings (SSSR count). The maximum Gasteiger partial charge on any atom is 0.271 e. The largest absolute Gasteiger partial charge is 0.349 e. The van der Waals surface area contributed by atoms with E-state index in [-0.39, 0.29) is 17.2 Å². The fourth-order valence-electron chi connectivity index (χ4n) is 2.84. The lowest BCUT2D eigenvalue weighted by Gasteiger charge is -2.47. The van der Waals surface area contributed by atoms with Crippen LogP contribution in [0.15, 0.2) is 16.9 Å². The number of carbonyl (C=O) groups excluding carboxylic acids is 1. The molecule has 1 aromatic heterocycles. The summed E-state index contributed by atoms with van der Waals surface area (Å²) in [5, 5.41) is 6.87. The number of aryl methyl sites for hydroxylation is 1. The monoisotopic (exact) mass is 277 g/mol. The molecule has 0 spiro atoms. The van der Waals surface area contributed by atoms with Crippen LogP contribution in [-0.4, -0.2) is 70.8 Å². The Labute approximate surface area is 117 Å². The molecule has 1 atom stereocenters. The first-order chi connectivity index (χ1) is 9.63. The van der Waals surface area contributed by atoms with Crippen molar-refractivity contribution < 1.29 is 4.79 Å². The van der Waals surface area contributed by atoms with Crippen molar-refractivity contribution in [2.45, 2.75) is 6.04 Å². The molecule has 108 valence electrons. The number of nitrogens with zero attached hydrogens (tertiary/aromatic N) is 4. The van der Waals surface area contributed by atoms with Gasteiger partial charge in [-0.05, 0) is 6.07 Å². The summed E-state index contributed by atoms with van der Waals surface area (Å²) in [6, 6.07) is 3.21.